The molecule has 10 heavy (non-hydrogen) atoms. The van der Waals surface area contributed by atoms with Gasteiger partial charge in [0.2, 0.25) is 0 Å². The van der Waals surface area contributed by atoms with Crippen molar-refractivity contribution >= 4 is 0 Å². The van der Waals surface area contributed by atoms with Gasteiger partial charge < -0.3 is 5.11 Å². The van der Waals surface area contributed by atoms with Crippen molar-refractivity contribution in [1.29, 1.82) is 5.26 Å². The molecule has 0 aliphatic carbocycles. The minimum absolute atomic E-state index is 0.281. The average molecular weight is 141 g/mol. The van der Waals surface area contributed by atoms with Crippen LogP contribution in [0.5, 0.6) is 0 Å². The molecule has 0 heterocycles. The van der Waals surface area contributed by atoms with Crippen LogP contribution in [-0.2, 0) is 0 Å². The summed E-state index contributed by atoms with van der Waals surface area (Å²) in [5.41, 5.74) is -0.281. The molecule has 0 aliphatic heterocycles. The Morgan fingerprint density at radius 2 is 2.10 bits per heavy atom. The molecule has 2 nitrogen and oxygen atoms in total. The van der Waals surface area contributed by atoms with Crippen LogP contribution in [0, 0.1) is 16.7 Å². The van der Waals surface area contributed by atoms with Crippen molar-refractivity contribution in [3.63, 3.8) is 0 Å². The first-order chi connectivity index (χ1) is 4.48. The van der Waals surface area contributed by atoms with E-state index in [-0.39, 0.29) is 11.5 Å². The van der Waals surface area contributed by atoms with Gasteiger partial charge in [-0.15, -0.1) is 0 Å². The average Bonchev–Trinajstić information content (AvgIpc) is 1.85. The van der Waals surface area contributed by atoms with Crippen LogP contribution in [0.3, 0.4) is 0 Å². The zero-order valence-electron chi connectivity index (χ0n) is 6.89. The summed E-state index contributed by atoms with van der Waals surface area (Å²) in [5, 5.41) is 17.5. The van der Waals surface area contributed by atoms with Crippen LogP contribution in [0.4, 0.5) is 0 Å². The first-order valence-electron chi connectivity index (χ1n) is 3.57. The molecule has 0 spiro atoms. The van der Waals surface area contributed by atoms with Crippen molar-refractivity contribution in [2.45, 2.75) is 39.7 Å². The molecule has 0 radical (unpaired) electrons. The molecule has 0 rings (SSSR count). The van der Waals surface area contributed by atoms with Gasteiger partial charge in [-0.1, -0.05) is 0 Å². The smallest absolute Gasteiger partial charge is 0.0683 e. The van der Waals surface area contributed by atoms with Crippen molar-refractivity contribution in [3.05, 3.63) is 0 Å². The lowest BCUT2D eigenvalue weighted by Gasteiger charge is -2.15. The molecule has 2 heteroatoms. The van der Waals surface area contributed by atoms with E-state index in [0.717, 1.165) is 6.42 Å². The molecule has 0 bridgehead atoms. The van der Waals surface area contributed by atoms with Crippen molar-refractivity contribution < 1.29 is 5.11 Å². The van der Waals surface area contributed by atoms with E-state index in [0.29, 0.717) is 6.42 Å². The van der Waals surface area contributed by atoms with Crippen molar-refractivity contribution in [1.82, 2.24) is 0 Å². The molecule has 58 valence electrons. The van der Waals surface area contributed by atoms with Gasteiger partial charge in [0, 0.05) is 0 Å². The minimum Gasteiger partial charge on any atom is -0.393 e. The van der Waals surface area contributed by atoms with Crippen molar-refractivity contribution in [2.24, 2.45) is 5.41 Å². The monoisotopic (exact) mass is 141 g/mol. The maximum atomic E-state index is 8.90. The van der Waals surface area contributed by atoms with Crippen LogP contribution in [0.2, 0.25) is 0 Å². The van der Waals surface area contributed by atoms with Crippen LogP contribution in [-0.4, -0.2) is 11.2 Å². The number of rotatable bonds is 3. The van der Waals surface area contributed by atoms with Gasteiger partial charge in [0.05, 0.1) is 17.6 Å². The van der Waals surface area contributed by atoms with Gasteiger partial charge >= 0.3 is 0 Å². The van der Waals surface area contributed by atoms with Gasteiger partial charge in [-0.2, -0.15) is 5.26 Å². The van der Waals surface area contributed by atoms with E-state index in [2.05, 4.69) is 6.07 Å². The highest BCUT2D eigenvalue weighted by Crippen LogP contribution is 2.21. The lowest BCUT2D eigenvalue weighted by atomic mass is 9.89. The second-order valence-electron chi connectivity index (χ2n) is 3.38. The Bertz CT molecular complexity index is 133. The fourth-order valence-corrected chi connectivity index (χ4v) is 0.626. The predicted octanol–water partition coefficient (Wildman–Crippen LogP) is 1.70. The molecule has 0 aliphatic rings. The molecule has 1 atom stereocenters. The third-order valence-corrected chi connectivity index (χ3v) is 1.49. The van der Waals surface area contributed by atoms with Crippen LogP contribution in [0.1, 0.15) is 33.6 Å². The van der Waals surface area contributed by atoms with Gasteiger partial charge in [-0.05, 0) is 33.6 Å². The fraction of sp³-hybridized carbons (Fsp3) is 0.875. The molecular formula is C8H15NO. The van der Waals surface area contributed by atoms with Gasteiger partial charge in [0.15, 0.2) is 0 Å². The van der Waals surface area contributed by atoms with Crippen molar-refractivity contribution in [3.8, 4) is 6.07 Å². The van der Waals surface area contributed by atoms with Gasteiger partial charge in [-0.3, -0.25) is 0 Å². The molecular weight excluding hydrogens is 126 g/mol. The first kappa shape index (κ1) is 9.45. The number of hydrogen-bond acceptors (Lipinski definition) is 2. The summed E-state index contributed by atoms with van der Waals surface area (Å²) in [5.74, 6) is 0. The van der Waals surface area contributed by atoms with E-state index in [1.54, 1.807) is 6.92 Å². The summed E-state index contributed by atoms with van der Waals surface area (Å²) in [6, 6.07) is 2.19. The minimum atomic E-state index is -0.285. The third kappa shape index (κ3) is 4.34. The highest BCUT2D eigenvalue weighted by Gasteiger charge is 2.16. The SMILES string of the molecule is CC(O)CCC(C)(C)C#N. The summed E-state index contributed by atoms with van der Waals surface area (Å²) in [7, 11) is 0. The largest absolute Gasteiger partial charge is 0.393 e. The lowest BCUT2D eigenvalue weighted by molar-refractivity contribution is 0.169. The van der Waals surface area contributed by atoms with E-state index in [1.807, 2.05) is 13.8 Å². The second-order valence-corrected chi connectivity index (χ2v) is 3.38. The lowest BCUT2D eigenvalue weighted by Crippen LogP contribution is -2.11. The number of hydrogen-bond donors (Lipinski definition) is 1. The number of nitriles is 1. The predicted molar refractivity (Wildman–Crippen MR) is 40.3 cm³/mol. The highest BCUT2D eigenvalue weighted by atomic mass is 16.3. The van der Waals surface area contributed by atoms with Gasteiger partial charge in [-0.25, -0.2) is 0 Å². The Hall–Kier alpha value is -0.550. The molecule has 0 aromatic rings. The van der Waals surface area contributed by atoms with E-state index < -0.39 is 0 Å². The summed E-state index contributed by atoms with van der Waals surface area (Å²) < 4.78 is 0. The molecule has 0 saturated heterocycles. The fourth-order valence-electron chi connectivity index (χ4n) is 0.626. The first-order valence-corrected chi connectivity index (χ1v) is 3.57. The Morgan fingerprint density at radius 1 is 1.60 bits per heavy atom. The quantitative estimate of drug-likeness (QED) is 0.650. The Labute approximate surface area is 62.5 Å². The van der Waals surface area contributed by atoms with Crippen molar-refractivity contribution in [2.75, 3.05) is 0 Å². The summed E-state index contributed by atoms with van der Waals surface area (Å²) in [6.07, 6.45) is 1.19. The van der Waals surface area contributed by atoms with E-state index >= 15 is 0 Å². The van der Waals surface area contributed by atoms with Crippen LogP contribution >= 0.6 is 0 Å². The molecule has 1 unspecified atom stereocenters. The Balaban J connectivity index is 3.60. The summed E-state index contributed by atoms with van der Waals surface area (Å²) in [4.78, 5) is 0. The Morgan fingerprint density at radius 3 is 2.40 bits per heavy atom. The number of aliphatic hydroxyl groups excluding tert-OH is 1. The summed E-state index contributed by atoms with van der Waals surface area (Å²) >= 11 is 0. The number of aliphatic hydroxyl groups is 1. The van der Waals surface area contributed by atoms with Crippen LogP contribution in [0.15, 0.2) is 0 Å². The zero-order valence-corrected chi connectivity index (χ0v) is 6.89. The maximum Gasteiger partial charge on any atom is 0.0683 e. The van der Waals surface area contributed by atoms with Gasteiger partial charge in [0.1, 0.15) is 0 Å². The molecule has 1 N–H and O–H groups in total. The zero-order chi connectivity index (χ0) is 8.20. The third-order valence-electron chi connectivity index (χ3n) is 1.49. The maximum absolute atomic E-state index is 8.90. The topological polar surface area (TPSA) is 44.0 Å². The standard InChI is InChI=1S/C8H15NO/c1-7(10)4-5-8(2,3)6-9/h7,10H,4-5H2,1-3H3. The molecule has 0 saturated carbocycles. The normalized spacial score (nSPS) is 14.3. The highest BCUT2D eigenvalue weighted by molar-refractivity contribution is 4.91. The second kappa shape index (κ2) is 3.58. The van der Waals surface area contributed by atoms with Crippen LogP contribution < -0.4 is 0 Å². The van der Waals surface area contributed by atoms with Gasteiger partial charge in [0.25, 0.3) is 0 Å². The number of nitrogens with zero attached hydrogens (tertiary/aromatic N) is 1. The van der Waals surface area contributed by atoms with E-state index in [4.69, 9.17) is 10.4 Å². The summed E-state index contributed by atoms with van der Waals surface area (Å²) in [6.45, 7) is 5.51. The molecule has 0 aromatic carbocycles. The van der Waals surface area contributed by atoms with Crippen LogP contribution in [0.25, 0.3) is 0 Å². The van der Waals surface area contributed by atoms with E-state index in [1.165, 1.54) is 0 Å². The van der Waals surface area contributed by atoms with E-state index in [9.17, 15) is 0 Å². The molecule has 0 amide bonds. The molecule has 0 aromatic heterocycles. The molecule has 0 fully saturated rings. The Kier molecular flexibility index (Phi) is 3.38.